The molecule has 0 N–H and O–H groups in total. The van der Waals surface area contributed by atoms with Crippen LogP contribution >= 0.6 is 67.2 Å². The minimum absolute atomic E-state index is 0.311. The summed E-state index contributed by atoms with van der Waals surface area (Å²) in [5.74, 6) is 2.34. The van der Waals surface area contributed by atoms with Gasteiger partial charge in [0, 0.05) is 28.4 Å². The zero-order valence-corrected chi connectivity index (χ0v) is 18.5. The molecular weight excluding hydrogens is 391 g/mol. The number of hydrogen-bond donors (Lipinski definition) is 0. The van der Waals surface area contributed by atoms with Gasteiger partial charge in [0.15, 0.2) is 5.12 Å². The Labute approximate surface area is 160 Å². The summed E-state index contributed by atoms with van der Waals surface area (Å²) < 4.78 is 0. The van der Waals surface area contributed by atoms with E-state index in [1.165, 1.54) is 11.8 Å². The Balaban J connectivity index is 3.84. The summed E-state index contributed by atoms with van der Waals surface area (Å²) in [6.45, 7) is 7.27. The van der Waals surface area contributed by atoms with E-state index in [1.54, 1.807) is 21.6 Å². The Hall–Kier alpha value is 1.22. The first kappa shape index (κ1) is 23.2. The SMILES string of the molecule is CCC(CSC(=O)CCSSC(CN=C=S)C(C)C)SSC. The van der Waals surface area contributed by atoms with Gasteiger partial charge in [0.1, 0.15) is 0 Å². The zero-order valence-electron chi connectivity index (χ0n) is 13.6. The number of aliphatic imine (C=N–C) groups is 1. The van der Waals surface area contributed by atoms with Gasteiger partial charge in [-0.05, 0) is 30.8 Å². The predicted octanol–water partition coefficient (Wildman–Crippen LogP) is 5.93. The third-order valence-corrected chi connectivity index (χ3v) is 9.67. The van der Waals surface area contributed by atoms with E-state index in [0.717, 1.165) is 17.9 Å². The van der Waals surface area contributed by atoms with E-state index in [9.17, 15) is 4.79 Å². The van der Waals surface area contributed by atoms with E-state index in [0.29, 0.717) is 34.5 Å². The van der Waals surface area contributed by atoms with Crippen LogP contribution in [0.5, 0.6) is 0 Å². The fourth-order valence-electron chi connectivity index (χ4n) is 1.35. The highest BCUT2D eigenvalue weighted by Crippen LogP contribution is 2.33. The van der Waals surface area contributed by atoms with Crippen LogP contribution in [0, 0.1) is 5.92 Å². The zero-order chi connectivity index (χ0) is 16.8. The largest absolute Gasteiger partial charge is 0.287 e. The smallest absolute Gasteiger partial charge is 0.189 e. The van der Waals surface area contributed by atoms with Crippen LogP contribution in [0.3, 0.4) is 0 Å². The number of thiocarbonyl (C=S) groups is 1. The van der Waals surface area contributed by atoms with Gasteiger partial charge in [-0.25, -0.2) is 4.99 Å². The molecule has 0 saturated heterocycles. The summed E-state index contributed by atoms with van der Waals surface area (Å²) >= 11 is 6.11. The van der Waals surface area contributed by atoms with Crippen LogP contribution in [0.4, 0.5) is 0 Å². The van der Waals surface area contributed by atoms with E-state index in [2.05, 4.69) is 49.4 Å². The lowest BCUT2D eigenvalue weighted by atomic mass is 10.1. The molecule has 0 fully saturated rings. The Morgan fingerprint density at radius 3 is 2.59 bits per heavy atom. The van der Waals surface area contributed by atoms with E-state index in [-0.39, 0.29) is 0 Å². The third-order valence-electron chi connectivity index (χ3n) is 2.78. The molecule has 0 aliphatic carbocycles. The molecule has 0 aliphatic rings. The molecule has 0 amide bonds. The minimum Gasteiger partial charge on any atom is -0.287 e. The molecule has 0 aromatic carbocycles. The van der Waals surface area contributed by atoms with Gasteiger partial charge >= 0.3 is 0 Å². The molecule has 0 rings (SSSR count). The normalized spacial score (nSPS) is 13.7. The van der Waals surface area contributed by atoms with Crippen molar-refractivity contribution in [3.8, 4) is 0 Å². The molecule has 0 spiro atoms. The Kier molecular flexibility index (Phi) is 16.6. The van der Waals surface area contributed by atoms with Gasteiger partial charge in [0.2, 0.25) is 0 Å². The van der Waals surface area contributed by atoms with Crippen LogP contribution in [0.25, 0.3) is 0 Å². The van der Waals surface area contributed by atoms with E-state index in [1.807, 2.05) is 21.6 Å². The molecule has 2 unspecified atom stereocenters. The molecule has 0 bridgehead atoms. The van der Waals surface area contributed by atoms with Crippen LogP contribution in [0.2, 0.25) is 0 Å². The van der Waals surface area contributed by atoms with Crippen LogP contribution in [0.15, 0.2) is 4.99 Å². The van der Waals surface area contributed by atoms with Crippen molar-refractivity contribution in [2.45, 2.75) is 44.1 Å². The highest BCUT2D eigenvalue weighted by Gasteiger charge is 2.15. The summed E-state index contributed by atoms with van der Waals surface area (Å²) in [6.07, 6.45) is 3.85. The summed E-state index contributed by atoms with van der Waals surface area (Å²) in [5, 5.41) is 3.75. The van der Waals surface area contributed by atoms with Crippen LogP contribution < -0.4 is 0 Å². The Bertz CT molecular complexity index is 346. The summed E-state index contributed by atoms with van der Waals surface area (Å²) in [4.78, 5) is 15.9. The molecule has 2 nitrogen and oxygen atoms in total. The van der Waals surface area contributed by atoms with Crippen LogP contribution in [0.1, 0.15) is 33.6 Å². The van der Waals surface area contributed by atoms with Gasteiger partial charge in [-0.2, -0.15) is 0 Å². The number of nitrogens with zero attached hydrogens (tertiary/aromatic N) is 1. The van der Waals surface area contributed by atoms with Gasteiger partial charge in [-0.15, -0.1) is 0 Å². The van der Waals surface area contributed by atoms with Crippen molar-refractivity contribution in [1.82, 2.24) is 0 Å². The summed E-state index contributed by atoms with van der Waals surface area (Å²) in [5.41, 5.74) is 0. The monoisotopic (exact) mass is 415 g/mol. The first-order chi connectivity index (χ1) is 10.5. The van der Waals surface area contributed by atoms with Gasteiger partial charge in [-0.3, -0.25) is 4.79 Å². The third kappa shape index (κ3) is 12.6. The molecule has 22 heavy (non-hydrogen) atoms. The molecule has 0 saturated carbocycles. The van der Waals surface area contributed by atoms with Crippen LogP contribution in [-0.2, 0) is 4.79 Å². The fraction of sp³-hybridized carbons (Fsp3) is 0.857. The number of thioether (sulfide) groups is 1. The maximum Gasteiger partial charge on any atom is 0.189 e. The molecule has 0 heterocycles. The lowest BCUT2D eigenvalue weighted by molar-refractivity contribution is -0.110. The summed E-state index contributed by atoms with van der Waals surface area (Å²) in [6, 6.07) is 0. The number of carbonyl (C=O) groups is 1. The van der Waals surface area contributed by atoms with Crippen molar-refractivity contribution < 1.29 is 4.79 Å². The number of rotatable bonds is 13. The lowest BCUT2D eigenvalue weighted by Gasteiger charge is -2.16. The molecule has 0 aromatic heterocycles. The molecule has 0 aliphatic heterocycles. The first-order valence-electron chi connectivity index (χ1n) is 7.22. The predicted molar refractivity (Wildman–Crippen MR) is 116 cm³/mol. The molecular formula is C14H25NOS6. The number of carbonyl (C=O) groups excluding carboxylic acids is 1. The van der Waals surface area contributed by atoms with Crippen molar-refractivity contribution in [1.29, 1.82) is 0 Å². The molecule has 8 heteroatoms. The Morgan fingerprint density at radius 1 is 1.32 bits per heavy atom. The minimum atomic E-state index is 0.311. The van der Waals surface area contributed by atoms with Crippen molar-refractivity contribution in [2.75, 3.05) is 24.3 Å². The van der Waals surface area contributed by atoms with Gasteiger partial charge in [-0.1, -0.05) is 75.7 Å². The Morgan fingerprint density at radius 2 is 2.05 bits per heavy atom. The molecule has 2 atom stereocenters. The lowest BCUT2D eigenvalue weighted by Crippen LogP contribution is -2.14. The quantitative estimate of drug-likeness (QED) is 0.159. The molecule has 0 aromatic rings. The highest BCUT2D eigenvalue weighted by atomic mass is 33.1. The topological polar surface area (TPSA) is 29.4 Å². The maximum atomic E-state index is 11.9. The van der Waals surface area contributed by atoms with E-state index in [4.69, 9.17) is 0 Å². The second kappa shape index (κ2) is 15.7. The van der Waals surface area contributed by atoms with Crippen molar-refractivity contribution in [3.05, 3.63) is 0 Å². The molecule has 0 radical (unpaired) electrons. The number of isothiocyanates is 1. The fourth-order valence-corrected chi connectivity index (χ4v) is 7.77. The van der Waals surface area contributed by atoms with Crippen molar-refractivity contribution in [2.24, 2.45) is 10.9 Å². The summed E-state index contributed by atoms with van der Waals surface area (Å²) in [7, 11) is 7.24. The standard InChI is InChI=1S/C14H25NOS6/c1-5-12(21-18-4)9-19-14(16)6-7-20-22-13(11(2)3)8-15-10-17/h11-13H,5-9H2,1-4H3. The van der Waals surface area contributed by atoms with Gasteiger partial charge in [0.25, 0.3) is 0 Å². The molecule has 128 valence electrons. The van der Waals surface area contributed by atoms with E-state index < -0.39 is 0 Å². The maximum absolute atomic E-state index is 11.9. The van der Waals surface area contributed by atoms with E-state index >= 15 is 0 Å². The second-order valence-corrected chi connectivity index (χ2v) is 11.6. The average molecular weight is 416 g/mol. The van der Waals surface area contributed by atoms with Gasteiger partial charge < -0.3 is 0 Å². The first-order valence-corrected chi connectivity index (χ1v) is 13.6. The number of hydrogen-bond acceptors (Lipinski definition) is 8. The highest BCUT2D eigenvalue weighted by molar-refractivity contribution is 8.77. The van der Waals surface area contributed by atoms with Crippen molar-refractivity contribution in [3.63, 3.8) is 0 Å². The average Bonchev–Trinajstić information content (AvgIpc) is 2.50. The second-order valence-electron chi connectivity index (χ2n) is 4.86. The van der Waals surface area contributed by atoms with Crippen LogP contribution in [-0.4, -0.2) is 45.1 Å². The van der Waals surface area contributed by atoms with Crippen molar-refractivity contribution >= 4 is 77.4 Å². The van der Waals surface area contributed by atoms with Gasteiger partial charge in [0.05, 0.1) is 11.7 Å².